The van der Waals surface area contributed by atoms with Crippen molar-refractivity contribution in [1.29, 1.82) is 0 Å². The van der Waals surface area contributed by atoms with Crippen LogP contribution in [0.25, 0.3) is 11.0 Å². The summed E-state index contributed by atoms with van der Waals surface area (Å²) in [5, 5.41) is 3.55. The van der Waals surface area contributed by atoms with Crippen molar-refractivity contribution in [3.05, 3.63) is 29.5 Å². The van der Waals surface area contributed by atoms with E-state index >= 15 is 0 Å². The minimum Gasteiger partial charge on any atom is -0.451 e. The van der Waals surface area contributed by atoms with Crippen LogP contribution in [0.1, 0.15) is 62.1 Å². The molecular weight excluding hydrogens is 376 g/mol. The van der Waals surface area contributed by atoms with E-state index in [9.17, 15) is 13.2 Å². The molecule has 154 valence electrons. The predicted molar refractivity (Wildman–Crippen MR) is 110 cm³/mol. The van der Waals surface area contributed by atoms with Crippen LogP contribution >= 0.6 is 0 Å². The summed E-state index contributed by atoms with van der Waals surface area (Å²) >= 11 is 0. The zero-order valence-corrected chi connectivity index (χ0v) is 17.8. The summed E-state index contributed by atoms with van der Waals surface area (Å²) in [7, 11) is -3.54. The molecule has 6 nitrogen and oxygen atoms in total. The Balaban J connectivity index is 1.87. The van der Waals surface area contributed by atoms with Gasteiger partial charge in [-0.05, 0) is 50.3 Å². The Kier molecular flexibility index (Phi) is 6.45. The van der Waals surface area contributed by atoms with Crippen LogP contribution in [0.2, 0.25) is 0 Å². The van der Waals surface area contributed by atoms with Gasteiger partial charge in [0.1, 0.15) is 5.58 Å². The third kappa shape index (κ3) is 4.41. The molecule has 0 atom stereocenters. The number of carbonyl (C=O) groups is 1. The Labute approximate surface area is 167 Å². The predicted octanol–water partition coefficient (Wildman–Crippen LogP) is 4.08. The Bertz CT molecular complexity index is 939. The van der Waals surface area contributed by atoms with Gasteiger partial charge in [0, 0.05) is 30.6 Å². The third-order valence-corrected chi connectivity index (χ3v) is 7.22. The molecule has 3 rings (SSSR count). The van der Waals surface area contributed by atoms with Gasteiger partial charge < -0.3 is 9.73 Å². The van der Waals surface area contributed by atoms with Crippen LogP contribution in [-0.4, -0.2) is 38.3 Å². The van der Waals surface area contributed by atoms with Crippen molar-refractivity contribution in [2.75, 3.05) is 19.6 Å². The second-order valence-electron chi connectivity index (χ2n) is 7.97. The van der Waals surface area contributed by atoms with E-state index < -0.39 is 10.0 Å². The molecule has 1 aromatic carbocycles. The summed E-state index contributed by atoms with van der Waals surface area (Å²) < 4.78 is 33.4. The normalized spacial score (nSPS) is 16.4. The summed E-state index contributed by atoms with van der Waals surface area (Å²) in [4.78, 5) is 12.7. The molecule has 2 heterocycles. The van der Waals surface area contributed by atoms with E-state index in [1.807, 2.05) is 0 Å². The molecule has 1 aliphatic heterocycles. The van der Waals surface area contributed by atoms with E-state index in [4.69, 9.17) is 4.42 Å². The number of rotatable bonds is 6. The van der Waals surface area contributed by atoms with Gasteiger partial charge >= 0.3 is 0 Å². The molecule has 1 fully saturated rings. The Hall–Kier alpha value is -1.86. The number of hydrogen-bond donors (Lipinski definition) is 1. The quantitative estimate of drug-likeness (QED) is 0.784. The first-order valence-electron chi connectivity index (χ1n) is 10.1. The first kappa shape index (κ1) is 20.9. The first-order valence-corrected chi connectivity index (χ1v) is 11.6. The smallest absolute Gasteiger partial charge is 0.287 e. The summed E-state index contributed by atoms with van der Waals surface area (Å²) in [6.45, 7) is 7.71. The highest BCUT2D eigenvalue weighted by Gasteiger charge is 2.26. The van der Waals surface area contributed by atoms with Crippen LogP contribution in [0.4, 0.5) is 0 Å². The minimum absolute atomic E-state index is 0.253. The van der Waals surface area contributed by atoms with E-state index in [0.29, 0.717) is 42.1 Å². The molecule has 1 N–H and O–H groups in total. The molecule has 1 saturated heterocycles. The molecule has 0 saturated carbocycles. The van der Waals surface area contributed by atoms with Crippen molar-refractivity contribution >= 4 is 26.9 Å². The number of fused-ring (bicyclic) bond motifs is 1. The van der Waals surface area contributed by atoms with Crippen molar-refractivity contribution in [2.24, 2.45) is 5.92 Å². The molecular formula is C21H30N2O4S. The minimum atomic E-state index is -3.54. The zero-order chi connectivity index (χ0) is 20.3. The summed E-state index contributed by atoms with van der Waals surface area (Å²) in [5.41, 5.74) is 1.20. The maximum Gasteiger partial charge on any atom is 0.287 e. The highest BCUT2D eigenvalue weighted by atomic mass is 32.2. The standard InChI is InChI=1S/C21H30N2O4S/c1-15(2)10-11-22-21(24)20-16(3)18-14-17(8-9-19(18)27-20)28(25,26)23-12-6-4-5-7-13-23/h8-9,14-15H,4-7,10-13H2,1-3H3,(H,22,24). The number of amides is 1. The molecule has 28 heavy (non-hydrogen) atoms. The molecule has 0 spiro atoms. The number of hydrogen-bond acceptors (Lipinski definition) is 4. The number of furan rings is 1. The molecule has 0 radical (unpaired) electrons. The van der Waals surface area contributed by atoms with E-state index in [1.165, 1.54) is 0 Å². The molecule has 1 aliphatic rings. The Morgan fingerprint density at radius 3 is 2.50 bits per heavy atom. The first-order chi connectivity index (χ1) is 13.3. The van der Waals surface area contributed by atoms with Gasteiger partial charge in [-0.2, -0.15) is 4.31 Å². The molecule has 0 aliphatic carbocycles. The largest absolute Gasteiger partial charge is 0.451 e. The zero-order valence-electron chi connectivity index (χ0n) is 17.0. The second kappa shape index (κ2) is 8.66. The number of carbonyl (C=O) groups excluding carboxylic acids is 1. The molecule has 1 amide bonds. The lowest BCUT2D eigenvalue weighted by molar-refractivity contribution is 0.0925. The second-order valence-corrected chi connectivity index (χ2v) is 9.91. The summed E-state index contributed by atoms with van der Waals surface area (Å²) in [6, 6.07) is 4.86. The van der Waals surface area contributed by atoms with Crippen molar-refractivity contribution in [1.82, 2.24) is 9.62 Å². The lowest BCUT2D eigenvalue weighted by Gasteiger charge is -2.19. The highest BCUT2D eigenvalue weighted by molar-refractivity contribution is 7.89. The van der Waals surface area contributed by atoms with E-state index in [2.05, 4.69) is 19.2 Å². The topological polar surface area (TPSA) is 79.6 Å². The van der Waals surface area contributed by atoms with E-state index in [1.54, 1.807) is 29.4 Å². The van der Waals surface area contributed by atoms with Crippen molar-refractivity contribution in [2.45, 2.75) is 57.8 Å². The monoisotopic (exact) mass is 406 g/mol. The SMILES string of the molecule is Cc1c(C(=O)NCCC(C)C)oc2ccc(S(=O)(=O)N3CCCCCC3)cc12. The third-order valence-electron chi connectivity index (χ3n) is 5.32. The van der Waals surface area contributed by atoms with Crippen LogP contribution in [-0.2, 0) is 10.0 Å². The molecule has 1 aromatic heterocycles. The van der Waals surface area contributed by atoms with Crippen LogP contribution in [0.15, 0.2) is 27.5 Å². The van der Waals surface area contributed by atoms with Gasteiger partial charge in [0.05, 0.1) is 4.90 Å². The fourth-order valence-corrected chi connectivity index (χ4v) is 5.11. The van der Waals surface area contributed by atoms with Crippen LogP contribution in [0.3, 0.4) is 0 Å². The van der Waals surface area contributed by atoms with Crippen molar-refractivity contribution < 1.29 is 17.6 Å². The fourth-order valence-electron chi connectivity index (χ4n) is 3.56. The molecule has 7 heteroatoms. The lowest BCUT2D eigenvalue weighted by Crippen LogP contribution is -2.31. The Morgan fingerprint density at radius 1 is 1.18 bits per heavy atom. The van der Waals surface area contributed by atoms with E-state index in [0.717, 1.165) is 32.1 Å². The number of benzene rings is 1. The van der Waals surface area contributed by atoms with Gasteiger partial charge in [-0.25, -0.2) is 8.42 Å². The van der Waals surface area contributed by atoms with Crippen molar-refractivity contribution in [3.8, 4) is 0 Å². The van der Waals surface area contributed by atoms with Gasteiger partial charge in [-0.1, -0.05) is 26.7 Å². The summed E-state index contributed by atoms with van der Waals surface area (Å²) in [6.07, 6.45) is 4.82. The van der Waals surface area contributed by atoms with Crippen LogP contribution in [0.5, 0.6) is 0 Å². The maximum absolute atomic E-state index is 13.1. The fraction of sp³-hybridized carbons (Fsp3) is 0.571. The number of nitrogens with one attached hydrogen (secondary N) is 1. The van der Waals surface area contributed by atoms with Crippen LogP contribution in [0, 0.1) is 12.8 Å². The van der Waals surface area contributed by atoms with Gasteiger partial charge in [0.25, 0.3) is 5.91 Å². The van der Waals surface area contributed by atoms with Gasteiger partial charge in [-0.15, -0.1) is 0 Å². The Morgan fingerprint density at radius 2 is 1.86 bits per heavy atom. The maximum atomic E-state index is 13.1. The van der Waals surface area contributed by atoms with E-state index in [-0.39, 0.29) is 16.6 Å². The molecule has 0 bridgehead atoms. The van der Waals surface area contributed by atoms with Crippen LogP contribution < -0.4 is 5.32 Å². The number of sulfonamides is 1. The molecule has 0 unspecified atom stereocenters. The molecule has 2 aromatic rings. The highest BCUT2D eigenvalue weighted by Crippen LogP contribution is 2.29. The number of aryl methyl sites for hydroxylation is 1. The summed E-state index contributed by atoms with van der Waals surface area (Å²) in [5.74, 6) is 0.498. The van der Waals surface area contributed by atoms with Gasteiger partial charge in [0.2, 0.25) is 10.0 Å². The average molecular weight is 407 g/mol. The lowest BCUT2D eigenvalue weighted by atomic mass is 10.1. The number of nitrogens with zero attached hydrogens (tertiary/aromatic N) is 1. The van der Waals surface area contributed by atoms with Crippen molar-refractivity contribution in [3.63, 3.8) is 0 Å². The van der Waals surface area contributed by atoms with Gasteiger partial charge in [-0.3, -0.25) is 4.79 Å². The average Bonchev–Trinajstić information content (AvgIpc) is 2.83. The van der Waals surface area contributed by atoms with Gasteiger partial charge in [0.15, 0.2) is 5.76 Å².